The predicted molar refractivity (Wildman–Crippen MR) is 67.8 cm³/mol. The molecule has 3 N–H and O–H groups in total. The number of nitro groups is 1. The van der Waals surface area contributed by atoms with Crippen molar-refractivity contribution in [2.75, 3.05) is 6.54 Å². The van der Waals surface area contributed by atoms with Gasteiger partial charge in [-0.1, -0.05) is 6.07 Å². The van der Waals surface area contributed by atoms with Crippen molar-refractivity contribution in [1.29, 1.82) is 0 Å². The molecule has 0 atom stereocenters. The molecule has 0 aliphatic carbocycles. The Labute approximate surface area is 109 Å². The topological polar surface area (TPSA) is 98.3 Å². The number of carbonyl (C=O) groups is 1. The van der Waals surface area contributed by atoms with Gasteiger partial charge in [-0.15, -0.1) is 0 Å². The summed E-state index contributed by atoms with van der Waals surface area (Å²) in [6.07, 6.45) is 1.85. The number of rotatable bonds is 8. The number of nitro benzene ring substituents is 1. The van der Waals surface area contributed by atoms with Gasteiger partial charge in [-0.05, 0) is 31.0 Å². The first-order valence-corrected chi connectivity index (χ1v) is 5.92. The largest absolute Gasteiger partial charge is 0.370 e. The van der Waals surface area contributed by atoms with Gasteiger partial charge < -0.3 is 11.1 Å². The number of hydrogen-bond acceptors (Lipinski definition) is 4. The molecule has 0 bridgehead atoms. The molecule has 0 radical (unpaired) electrons. The molecular formula is C12H16FN3O3. The minimum absolute atomic E-state index is 0.322. The van der Waals surface area contributed by atoms with E-state index in [1.807, 2.05) is 0 Å². The Morgan fingerprint density at radius 3 is 2.74 bits per heavy atom. The van der Waals surface area contributed by atoms with Crippen molar-refractivity contribution < 1.29 is 14.1 Å². The van der Waals surface area contributed by atoms with E-state index < -0.39 is 16.4 Å². The van der Waals surface area contributed by atoms with Crippen LogP contribution < -0.4 is 11.1 Å². The highest BCUT2D eigenvalue weighted by atomic mass is 19.1. The molecule has 1 aromatic carbocycles. The zero-order valence-electron chi connectivity index (χ0n) is 10.4. The van der Waals surface area contributed by atoms with Crippen LogP contribution in [0.3, 0.4) is 0 Å². The number of nitrogens with one attached hydrogen (secondary N) is 1. The minimum Gasteiger partial charge on any atom is -0.370 e. The quantitative estimate of drug-likeness (QED) is 0.424. The summed E-state index contributed by atoms with van der Waals surface area (Å²) in [5, 5.41) is 13.5. The first kappa shape index (κ1) is 15.0. The number of unbranched alkanes of at least 4 members (excludes halogenated alkanes) is 1. The van der Waals surface area contributed by atoms with Crippen molar-refractivity contribution in [2.45, 2.75) is 25.8 Å². The second-order valence-electron chi connectivity index (χ2n) is 4.14. The van der Waals surface area contributed by atoms with Gasteiger partial charge in [0, 0.05) is 19.0 Å². The van der Waals surface area contributed by atoms with Crippen molar-refractivity contribution in [3.63, 3.8) is 0 Å². The van der Waals surface area contributed by atoms with Gasteiger partial charge in [0.1, 0.15) is 0 Å². The third kappa shape index (κ3) is 5.43. The summed E-state index contributed by atoms with van der Waals surface area (Å²) in [4.78, 5) is 20.2. The van der Waals surface area contributed by atoms with Crippen molar-refractivity contribution in [1.82, 2.24) is 5.32 Å². The van der Waals surface area contributed by atoms with E-state index in [9.17, 15) is 19.3 Å². The molecule has 1 rings (SSSR count). The van der Waals surface area contributed by atoms with Gasteiger partial charge in [0.2, 0.25) is 11.7 Å². The van der Waals surface area contributed by atoms with Crippen molar-refractivity contribution >= 4 is 11.6 Å². The lowest BCUT2D eigenvalue weighted by atomic mass is 10.2. The van der Waals surface area contributed by atoms with Crippen LogP contribution in [0.5, 0.6) is 0 Å². The van der Waals surface area contributed by atoms with Crippen LogP contribution in [0.4, 0.5) is 10.1 Å². The van der Waals surface area contributed by atoms with Gasteiger partial charge in [0.15, 0.2) is 0 Å². The van der Waals surface area contributed by atoms with Gasteiger partial charge in [-0.3, -0.25) is 14.9 Å². The summed E-state index contributed by atoms with van der Waals surface area (Å²) in [6, 6.07) is 3.81. The Balaban J connectivity index is 2.32. The lowest BCUT2D eigenvalue weighted by Crippen LogP contribution is -2.16. The highest BCUT2D eigenvalue weighted by Crippen LogP contribution is 2.17. The number of nitrogens with zero attached hydrogens (tertiary/aromatic N) is 1. The third-order valence-corrected chi connectivity index (χ3v) is 2.56. The first-order valence-electron chi connectivity index (χ1n) is 5.92. The Hall–Kier alpha value is -2.02. The van der Waals surface area contributed by atoms with E-state index in [-0.39, 0.29) is 5.91 Å². The Morgan fingerprint density at radius 2 is 2.16 bits per heavy atom. The van der Waals surface area contributed by atoms with Crippen LogP contribution in [0, 0.1) is 15.9 Å². The fraction of sp³-hybridized carbons (Fsp3) is 0.417. The molecule has 1 amide bonds. The van der Waals surface area contributed by atoms with Gasteiger partial charge in [0.25, 0.3) is 0 Å². The molecular weight excluding hydrogens is 253 g/mol. The van der Waals surface area contributed by atoms with Crippen LogP contribution in [0.2, 0.25) is 0 Å². The molecule has 1 aromatic rings. The number of benzene rings is 1. The fourth-order valence-corrected chi connectivity index (χ4v) is 1.59. The molecule has 0 saturated carbocycles. The minimum atomic E-state index is -0.835. The van der Waals surface area contributed by atoms with Gasteiger partial charge in [0.05, 0.1) is 4.92 Å². The summed E-state index contributed by atoms with van der Waals surface area (Å²) in [6.45, 7) is 1.09. The van der Waals surface area contributed by atoms with Gasteiger partial charge in [-0.2, -0.15) is 4.39 Å². The number of carbonyl (C=O) groups excluding carboxylic acids is 1. The Bertz CT molecular complexity index is 466. The van der Waals surface area contributed by atoms with Crippen molar-refractivity contribution in [3.8, 4) is 0 Å². The number of hydrogen-bond donors (Lipinski definition) is 2. The zero-order valence-corrected chi connectivity index (χ0v) is 10.4. The van der Waals surface area contributed by atoms with E-state index in [2.05, 4.69) is 5.32 Å². The molecule has 6 nitrogen and oxygen atoms in total. The number of halogens is 1. The second kappa shape index (κ2) is 7.42. The maximum Gasteiger partial charge on any atom is 0.304 e. The van der Waals surface area contributed by atoms with Crippen LogP contribution in [0.15, 0.2) is 18.2 Å². The van der Waals surface area contributed by atoms with E-state index >= 15 is 0 Å². The second-order valence-corrected chi connectivity index (χ2v) is 4.14. The van der Waals surface area contributed by atoms with E-state index in [1.165, 1.54) is 6.07 Å². The summed E-state index contributed by atoms with van der Waals surface area (Å²) in [5.74, 6) is -1.16. The molecule has 0 unspecified atom stereocenters. The molecule has 104 valence electrons. The van der Waals surface area contributed by atoms with Gasteiger partial charge >= 0.3 is 5.69 Å². The molecule has 0 aliphatic heterocycles. The maximum atomic E-state index is 13.3. The van der Waals surface area contributed by atoms with Crippen LogP contribution in [0.1, 0.15) is 24.8 Å². The van der Waals surface area contributed by atoms with Crippen molar-refractivity contribution in [3.05, 3.63) is 39.7 Å². The molecule has 0 aliphatic rings. The lowest BCUT2D eigenvalue weighted by molar-refractivity contribution is -0.387. The SMILES string of the molecule is NC(=O)CCCCNCc1ccc([N+](=O)[O-])c(F)c1. The van der Waals surface area contributed by atoms with Crippen LogP contribution in [-0.2, 0) is 11.3 Å². The molecule has 7 heteroatoms. The molecule has 19 heavy (non-hydrogen) atoms. The predicted octanol–water partition coefficient (Wildman–Crippen LogP) is 1.48. The van der Waals surface area contributed by atoms with Crippen molar-refractivity contribution in [2.24, 2.45) is 5.73 Å². The standard InChI is InChI=1S/C12H16FN3O3/c13-10-7-9(4-5-11(10)16(18)19)8-15-6-2-1-3-12(14)17/h4-5,7,15H,1-3,6,8H2,(H2,14,17). The molecule has 0 spiro atoms. The average Bonchev–Trinajstić information content (AvgIpc) is 2.32. The summed E-state index contributed by atoms with van der Waals surface area (Å²) in [7, 11) is 0. The fourth-order valence-electron chi connectivity index (χ4n) is 1.59. The molecule has 0 aromatic heterocycles. The Morgan fingerprint density at radius 1 is 1.42 bits per heavy atom. The van der Waals surface area contributed by atoms with E-state index in [0.717, 1.165) is 18.6 Å². The van der Waals surface area contributed by atoms with Crippen LogP contribution >= 0.6 is 0 Å². The molecule has 0 heterocycles. The zero-order chi connectivity index (χ0) is 14.3. The normalized spacial score (nSPS) is 10.4. The number of amides is 1. The molecule has 0 fully saturated rings. The monoisotopic (exact) mass is 269 g/mol. The third-order valence-electron chi connectivity index (χ3n) is 2.56. The smallest absolute Gasteiger partial charge is 0.304 e. The summed E-state index contributed by atoms with van der Waals surface area (Å²) < 4.78 is 13.3. The highest BCUT2D eigenvalue weighted by molar-refractivity contribution is 5.73. The van der Waals surface area contributed by atoms with E-state index in [1.54, 1.807) is 0 Å². The van der Waals surface area contributed by atoms with E-state index in [0.29, 0.717) is 31.5 Å². The number of nitrogens with two attached hydrogens (primary N) is 1. The molecule has 0 saturated heterocycles. The Kier molecular flexibility index (Phi) is 5.87. The lowest BCUT2D eigenvalue weighted by Gasteiger charge is -2.04. The first-order chi connectivity index (χ1) is 9.00. The summed E-state index contributed by atoms with van der Waals surface area (Å²) >= 11 is 0. The average molecular weight is 269 g/mol. The highest BCUT2D eigenvalue weighted by Gasteiger charge is 2.13. The van der Waals surface area contributed by atoms with Gasteiger partial charge in [-0.25, -0.2) is 0 Å². The number of primary amides is 1. The summed E-state index contributed by atoms with van der Waals surface area (Å²) in [5.41, 5.74) is 5.11. The van der Waals surface area contributed by atoms with Crippen LogP contribution in [0.25, 0.3) is 0 Å². The van der Waals surface area contributed by atoms with E-state index in [4.69, 9.17) is 5.73 Å². The van der Waals surface area contributed by atoms with Crippen LogP contribution in [-0.4, -0.2) is 17.4 Å². The maximum absolute atomic E-state index is 13.3.